The number of hydrogen-bond donors (Lipinski definition) is 2. The van der Waals surface area contributed by atoms with Crippen molar-refractivity contribution in [1.29, 1.82) is 5.41 Å². The molecule has 0 aromatic carbocycles. The predicted molar refractivity (Wildman–Crippen MR) is 83.4 cm³/mol. The second-order valence-electron chi connectivity index (χ2n) is 4.57. The van der Waals surface area contributed by atoms with Gasteiger partial charge in [-0.1, -0.05) is 17.7 Å². The van der Waals surface area contributed by atoms with Gasteiger partial charge in [0.05, 0.1) is 28.4 Å². The van der Waals surface area contributed by atoms with Crippen LogP contribution < -0.4 is 5.32 Å². The van der Waals surface area contributed by atoms with E-state index in [1.54, 1.807) is 0 Å². The number of aryl methyl sites for hydroxylation is 1. The molecule has 0 saturated carbocycles. The molecular weight excluding hydrogens is 288 g/mol. The Kier molecular flexibility index (Phi) is 4.65. The Morgan fingerprint density at radius 3 is 2.86 bits per heavy atom. The monoisotopic (exact) mass is 302 g/mol. The van der Waals surface area contributed by atoms with Crippen LogP contribution in [0.25, 0.3) is 0 Å². The average molecular weight is 303 g/mol. The van der Waals surface area contributed by atoms with Crippen molar-refractivity contribution in [2.24, 2.45) is 0 Å². The summed E-state index contributed by atoms with van der Waals surface area (Å²) < 4.78 is 0. The lowest BCUT2D eigenvalue weighted by atomic mass is 10.1. The van der Waals surface area contributed by atoms with Crippen molar-refractivity contribution in [3.8, 4) is 0 Å². The summed E-state index contributed by atoms with van der Waals surface area (Å²) in [7, 11) is 0. The van der Waals surface area contributed by atoms with E-state index < -0.39 is 0 Å². The van der Waals surface area contributed by atoms with Gasteiger partial charge in [-0.15, -0.1) is 0 Å². The fourth-order valence-corrected chi connectivity index (χ4v) is 2.22. The summed E-state index contributed by atoms with van der Waals surface area (Å²) >= 11 is 6.15. The van der Waals surface area contributed by atoms with Gasteiger partial charge in [-0.3, -0.25) is 9.78 Å². The second kappa shape index (κ2) is 6.45. The molecule has 0 aliphatic carbocycles. The van der Waals surface area contributed by atoms with Crippen molar-refractivity contribution >= 4 is 29.4 Å². The molecule has 0 fully saturated rings. The predicted octanol–water partition coefficient (Wildman–Crippen LogP) is 3.25. The fraction of sp³-hybridized carbons (Fsp3) is 0.200. The first kappa shape index (κ1) is 15.1. The average Bonchev–Trinajstić information content (AvgIpc) is 2.44. The van der Waals surface area contributed by atoms with Crippen LogP contribution in [0.4, 0.5) is 5.82 Å². The SMILES string of the molecule is CC(=O)c1cnc(NCc2cccc(C)n2)c(C=N)c1Cl. The molecule has 0 radical (unpaired) electrons. The third-order valence-corrected chi connectivity index (χ3v) is 3.36. The van der Waals surface area contributed by atoms with Gasteiger partial charge < -0.3 is 10.7 Å². The molecule has 5 nitrogen and oxygen atoms in total. The van der Waals surface area contributed by atoms with Crippen LogP contribution >= 0.6 is 11.6 Å². The summed E-state index contributed by atoms with van der Waals surface area (Å²) in [6, 6.07) is 5.75. The minimum atomic E-state index is -0.178. The Balaban J connectivity index is 2.26. The first-order valence-electron chi connectivity index (χ1n) is 6.39. The van der Waals surface area contributed by atoms with E-state index in [0.717, 1.165) is 17.6 Å². The molecule has 0 unspecified atom stereocenters. The topological polar surface area (TPSA) is 78.7 Å². The zero-order valence-electron chi connectivity index (χ0n) is 11.8. The molecule has 2 aromatic rings. The van der Waals surface area contributed by atoms with Crippen molar-refractivity contribution in [3.05, 3.63) is 51.9 Å². The van der Waals surface area contributed by atoms with E-state index in [4.69, 9.17) is 17.0 Å². The molecule has 2 heterocycles. The van der Waals surface area contributed by atoms with Crippen LogP contribution in [-0.4, -0.2) is 22.0 Å². The van der Waals surface area contributed by atoms with Gasteiger partial charge in [0.25, 0.3) is 0 Å². The quantitative estimate of drug-likeness (QED) is 0.656. The number of hydrogen-bond acceptors (Lipinski definition) is 5. The van der Waals surface area contributed by atoms with E-state index in [-0.39, 0.29) is 10.8 Å². The molecule has 0 aliphatic rings. The highest BCUT2D eigenvalue weighted by Gasteiger charge is 2.14. The largest absolute Gasteiger partial charge is 0.364 e. The van der Waals surface area contributed by atoms with E-state index in [1.165, 1.54) is 13.1 Å². The number of Topliss-reactive ketones (excluding diaryl/α,β-unsaturated/α-hetero) is 1. The summed E-state index contributed by atoms with van der Waals surface area (Å²) in [4.78, 5) is 20.0. The van der Waals surface area contributed by atoms with Crippen molar-refractivity contribution in [1.82, 2.24) is 9.97 Å². The lowest BCUT2D eigenvalue weighted by Gasteiger charge is -2.11. The van der Waals surface area contributed by atoms with E-state index in [2.05, 4.69) is 15.3 Å². The van der Waals surface area contributed by atoms with Crippen LogP contribution in [0.3, 0.4) is 0 Å². The summed E-state index contributed by atoms with van der Waals surface area (Å²) in [5, 5.41) is 10.8. The van der Waals surface area contributed by atoms with Gasteiger partial charge in [-0.05, 0) is 26.0 Å². The first-order chi connectivity index (χ1) is 10.0. The molecule has 0 spiro atoms. The second-order valence-corrected chi connectivity index (χ2v) is 4.95. The third kappa shape index (κ3) is 3.44. The summed E-state index contributed by atoms with van der Waals surface area (Å²) in [5.41, 5.74) is 2.51. The maximum Gasteiger partial charge on any atom is 0.162 e. The van der Waals surface area contributed by atoms with Crippen molar-refractivity contribution in [2.45, 2.75) is 20.4 Å². The molecule has 2 rings (SSSR count). The van der Waals surface area contributed by atoms with Gasteiger partial charge in [-0.2, -0.15) is 0 Å². The Morgan fingerprint density at radius 1 is 1.48 bits per heavy atom. The van der Waals surface area contributed by atoms with Gasteiger partial charge in [0.2, 0.25) is 0 Å². The standard InChI is InChI=1S/C15H15ClN4O/c1-9-4-3-5-11(20-9)7-18-15-12(6-17)14(16)13(8-19-15)10(2)21/h3-6,8,17H,7H2,1-2H3,(H,18,19). The maximum absolute atomic E-state index is 11.4. The van der Waals surface area contributed by atoms with Crippen LogP contribution in [0, 0.1) is 12.3 Å². The van der Waals surface area contributed by atoms with Gasteiger partial charge in [0.15, 0.2) is 5.78 Å². The fourth-order valence-electron chi connectivity index (χ4n) is 1.89. The molecule has 0 saturated heterocycles. The van der Waals surface area contributed by atoms with Gasteiger partial charge in [0.1, 0.15) is 5.82 Å². The van der Waals surface area contributed by atoms with Gasteiger partial charge in [0, 0.05) is 18.1 Å². The summed E-state index contributed by atoms with van der Waals surface area (Å²) in [6.07, 6.45) is 2.51. The number of carbonyl (C=O) groups excluding carboxylic acids is 1. The molecule has 0 aliphatic heterocycles. The summed E-state index contributed by atoms with van der Waals surface area (Å²) in [6.45, 7) is 3.80. The number of ketones is 1. The highest BCUT2D eigenvalue weighted by molar-refractivity contribution is 6.36. The molecule has 2 aromatic heterocycles. The Hall–Kier alpha value is -2.27. The minimum absolute atomic E-state index is 0.178. The van der Waals surface area contributed by atoms with Crippen LogP contribution in [0.15, 0.2) is 24.4 Å². The molecular formula is C15H15ClN4O. The minimum Gasteiger partial charge on any atom is -0.364 e. The lowest BCUT2D eigenvalue weighted by Crippen LogP contribution is -2.08. The number of nitrogens with zero attached hydrogens (tertiary/aromatic N) is 2. The third-order valence-electron chi connectivity index (χ3n) is 2.96. The summed E-state index contributed by atoms with van der Waals surface area (Å²) in [5.74, 6) is 0.283. The van der Waals surface area contributed by atoms with E-state index in [0.29, 0.717) is 23.5 Å². The highest BCUT2D eigenvalue weighted by Crippen LogP contribution is 2.25. The number of carbonyl (C=O) groups is 1. The zero-order chi connectivity index (χ0) is 15.4. The van der Waals surface area contributed by atoms with Crippen LogP contribution in [0.1, 0.15) is 34.2 Å². The van der Waals surface area contributed by atoms with E-state index in [1.807, 2.05) is 25.1 Å². The van der Waals surface area contributed by atoms with Gasteiger partial charge >= 0.3 is 0 Å². The number of nitrogens with one attached hydrogen (secondary N) is 2. The molecule has 21 heavy (non-hydrogen) atoms. The Morgan fingerprint density at radius 2 is 2.24 bits per heavy atom. The van der Waals surface area contributed by atoms with Crippen LogP contribution in [0.5, 0.6) is 0 Å². The van der Waals surface area contributed by atoms with E-state index >= 15 is 0 Å². The highest BCUT2D eigenvalue weighted by atomic mass is 35.5. The first-order valence-corrected chi connectivity index (χ1v) is 6.77. The zero-order valence-corrected chi connectivity index (χ0v) is 12.5. The van der Waals surface area contributed by atoms with Gasteiger partial charge in [-0.25, -0.2) is 4.98 Å². The number of pyridine rings is 2. The molecule has 0 bridgehead atoms. The van der Waals surface area contributed by atoms with E-state index in [9.17, 15) is 4.79 Å². The number of rotatable bonds is 5. The molecule has 2 N–H and O–H groups in total. The van der Waals surface area contributed by atoms with Crippen molar-refractivity contribution in [2.75, 3.05) is 5.32 Å². The van der Waals surface area contributed by atoms with Crippen LogP contribution in [-0.2, 0) is 6.54 Å². The van der Waals surface area contributed by atoms with Crippen molar-refractivity contribution < 1.29 is 4.79 Å². The lowest BCUT2D eigenvalue weighted by molar-refractivity contribution is 0.101. The molecule has 6 heteroatoms. The maximum atomic E-state index is 11.4. The van der Waals surface area contributed by atoms with Crippen LogP contribution in [0.2, 0.25) is 5.02 Å². The smallest absolute Gasteiger partial charge is 0.162 e. The molecule has 0 atom stereocenters. The Labute approximate surface area is 127 Å². The normalized spacial score (nSPS) is 10.2. The number of aromatic nitrogens is 2. The molecule has 0 amide bonds. The number of halogens is 1. The Bertz CT molecular complexity index is 700. The molecule has 108 valence electrons. The number of anilines is 1. The van der Waals surface area contributed by atoms with Crippen molar-refractivity contribution in [3.63, 3.8) is 0 Å².